The molecule has 1 rings (SSSR count). The Balaban J connectivity index is 2.60. The number of hydrogen-bond donors (Lipinski definition) is 0. The molecule has 0 spiro atoms. The molecule has 1 fully saturated rings. The van der Waals surface area contributed by atoms with Crippen molar-refractivity contribution in [1.82, 2.24) is 0 Å². The molecule has 0 saturated heterocycles. The Bertz CT molecular complexity index is 186. The van der Waals surface area contributed by atoms with Crippen LogP contribution < -0.4 is 0 Å². The van der Waals surface area contributed by atoms with Gasteiger partial charge in [0, 0.05) is 5.38 Å². The van der Waals surface area contributed by atoms with Gasteiger partial charge >= 0.3 is 0 Å². The van der Waals surface area contributed by atoms with Crippen LogP contribution in [0.5, 0.6) is 0 Å². The lowest BCUT2D eigenvalue weighted by Crippen LogP contribution is -2.33. The molecule has 0 aliphatic heterocycles. The Labute approximate surface area is 101 Å². The van der Waals surface area contributed by atoms with Gasteiger partial charge in [-0.1, -0.05) is 27.7 Å². The van der Waals surface area contributed by atoms with Gasteiger partial charge in [0.25, 0.3) is 0 Å². The zero-order valence-electron chi connectivity index (χ0n) is 11.0. The van der Waals surface area contributed by atoms with Crippen LogP contribution in [-0.4, -0.2) is 5.38 Å². The first kappa shape index (κ1) is 13.4. The molecule has 15 heavy (non-hydrogen) atoms. The normalized spacial score (nSPS) is 35.2. The van der Waals surface area contributed by atoms with Gasteiger partial charge in [-0.3, -0.25) is 0 Å². The molecule has 1 saturated carbocycles. The Morgan fingerprint density at radius 1 is 1.13 bits per heavy atom. The van der Waals surface area contributed by atoms with E-state index in [1.165, 1.54) is 19.3 Å². The third-order valence-corrected chi connectivity index (χ3v) is 4.25. The second-order valence-corrected chi connectivity index (χ2v) is 7.33. The maximum Gasteiger partial charge on any atom is 0.0313 e. The van der Waals surface area contributed by atoms with Crippen LogP contribution in [0.25, 0.3) is 0 Å². The van der Waals surface area contributed by atoms with E-state index in [0.29, 0.717) is 10.8 Å². The summed E-state index contributed by atoms with van der Waals surface area (Å²) in [4.78, 5) is 0. The number of hydrogen-bond acceptors (Lipinski definition) is 0. The number of alkyl halides is 1. The molecule has 0 aromatic rings. The van der Waals surface area contributed by atoms with Crippen molar-refractivity contribution >= 4 is 11.6 Å². The van der Waals surface area contributed by atoms with Crippen LogP contribution in [0.2, 0.25) is 0 Å². The lowest BCUT2D eigenvalue weighted by atomic mass is 9.64. The summed E-state index contributed by atoms with van der Waals surface area (Å²) in [7, 11) is 0. The fourth-order valence-corrected chi connectivity index (χ4v) is 3.87. The summed E-state index contributed by atoms with van der Waals surface area (Å²) in [6.07, 6.45) is 5.38. The maximum absolute atomic E-state index is 6.15. The molecule has 3 unspecified atom stereocenters. The van der Waals surface area contributed by atoms with Crippen molar-refractivity contribution in [2.45, 2.75) is 65.7 Å². The summed E-state index contributed by atoms with van der Waals surface area (Å²) in [5.41, 5.74) is 0.421. The predicted octanol–water partition coefficient (Wildman–Crippen LogP) is 5.10. The summed E-state index contributed by atoms with van der Waals surface area (Å²) in [5, 5.41) is 0.313. The van der Waals surface area contributed by atoms with Crippen LogP contribution in [0.1, 0.15) is 60.3 Å². The van der Waals surface area contributed by atoms with Crippen LogP contribution in [0.3, 0.4) is 0 Å². The highest BCUT2D eigenvalue weighted by Gasteiger charge is 2.35. The predicted molar refractivity (Wildman–Crippen MR) is 69.4 cm³/mol. The number of rotatable bonds is 3. The Morgan fingerprint density at radius 3 is 2.00 bits per heavy atom. The average Bonchev–Trinajstić information content (AvgIpc) is 1.99. The summed E-state index contributed by atoms with van der Waals surface area (Å²) in [6.45, 7) is 11.7. The van der Waals surface area contributed by atoms with E-state index in [2.05, 4.69) is 34.6 Å². The Hall–Kier alpha value is 0.290. The first-order valence-corrected chi connectivity index (χ1v) is 6.89. The zero-order valence-corrected chi connectivity index (χ0v) is 11.8. The third-order valence-electron chi connectivity index (χ3n) is 4.09. The van der Waals surface area contributed by atoms with Crippen LogP contribution in [0, 0.1) is 23.2 Å². The van der Waals surface area contributed by atoms with Crippen molar-refractivity contribution in [2.24, 2.45) is 23.2 Å². The molecule has 0 radical (unpaired) electrons. The molecule has 3 atom stereocenters. The lowest BCUT2D eigenvalue weighted by Gasteiger charge is -2.42. The topological polar surface area (TPSA) is 0 Å². The summed E-state index contributed by atoms with van der Waals surface area (Å²) in [5.74, 6) is 2.68. The quantitative estimate of drug-likeness (QED) is 0.592. The van der Waals surface area contributed by atoms with Crippen molar-refractivity contribution in [1.29, 1.82) is 0 Å². The van der Waals surface area contributed by atoms with E-state index in [4.69, 9.17) is 11.6 Å². The molecular weight excluding hydrogens is 204 g/mol. The van der Waals surface area contributed by atoms with Crippen molar-refractivity contribution in [3.05, 3.63) is 0 Å². The molecule has 0 aromatic carbocycles. The molecule has 0 N–H and O–H groups in total. The van der Waals surface area contributed by atoms with Gasteiger partial charge in [-0.2, -0.15) is 0 Å². The lowest BCUT2D eigenvalue weighted by molar-refractivity contribution is 0.0930. The standard InChI is InChI=1S/C14H27Cl/c1-10-6-11(2)8-13(7-10)14(4,5)9-12(3)15/h10-13H,6-9H2,1-5H3. The summed E-state index contributed by atoms with van der Waals surface area (Å²) in [6, 6.07) is 0. The van der Waals surface area contributed by atoms with E-state index in [1.807, 2.05) is 0 Å². The first-order valence-electron chi connectivity index (χ1n) is 6.45. The van der Waals surface area contributed by atoms with Gasteiger partial charge in [-0.25, -0.2) is 0 Å². The Kier molecular flexibility index (Phi) is 4.52. The molecule has 1 aliphatic rings. The second-order valence-electron chi connectivity index (χ2n) is 6.59. The molecule has 0 aromatic heterocycles. The van der Waals surface area contributed by atoms with Crippen molar-refractivity contribution in [3.8, 4) is 0 Å². The van der Waals surface area contributed by atoms with Gasteiger partial charge in [0.05, 0.1) is 0 Å². The second kappa shape index (κ2) is 5.08. The van der Waals surface area contributed by atoms with Gasteiger partial charge in [0.1, 0.15) is 0 Å². The van der Waals surface area contributed by atoms with Gasteiger partial charge < -0.3 is 0 Å². The van der Waals surface area contributed by atoms with E-state index >= 15 is 0 Å². The van der Waals surface area contributed by atoms with E-state index in [0.717, 1.165) is 24.2 Å². The summed E-state index contributed by atoms with van der Waals surface area (Å²) < 4.78 is 0. The minimum absolute atomic E-state index is 0.313. The highest BCUT2D eigenvalue weighted by Crippen LogP contribution is 2.45. The fourth-order valence-electron chi connectivity index (χ4n) is 3.48. The van der Waals surface area contributed by atoms with Crippen LogP contribution in [-0.2, 0) is 0 Å². The fraction of sp³-hybridized carbons (Fsp3) is 1.00. The molecule has 1 heteroatoms. The first-order chi connectivity index (χ1) is 6.81. The summed E-state index contributed by atoms with van der Waals surface area (Å²) >= 11 is 6.15. The SMILES string of the molecule is CC(Cl)CC(C)(C)C1CC(C)CC(C)C1. The largest absolute Gasteiger partial charge is 0.123 e. The number of halogens is 1. The van der Waals surface area contributed by atoms with E-state index < -0.39 is 0 Å². The zero-order chi connectivity index (χ0) is 11.6. The van der Waals surface area contributed by atoms with Gasteiger partial charge in [-0.15, -0.1) is 11.6 Å². The monoisotopic (exact) mass is 230 g/mol. The van der Waals surface area contributed by atoms with Crippen molar-refractivity contribution in [2.75, 3.05) is 0 Å². The smallest absolute Gasteiger partial charge is 0.0313 e. The van der Waals surface area contributed by atoms with E-state index in [-0.39, 0.29) is 0 Å². The molecular formula is C14H27Cl. The van der Waals surface area contributed by atoms with Crippen LogP contribution in [0.4, 0.5) is 0 Å². The molecule has 0 nitrogen and oxygen atoms in total. The van der Waals surface area contributed by atoms with E-state index in [1.54, 1.807) is 0 Å². The van der Waals surface area contributed by atoms with Gasteiger partial charge in [0.15, 0.2) is 0 Å². The molecule has 0 bridgehead atoms. The molecule has 0 heterocycles. The van der Waals surface area contributed by atoms with Crippen LogP contribution in [0.15, 0.2) is 0 Å². The van der Waals surface area contributed by atoms with Crippen molar-refractivity contribution in [3.63, 3.8) is 0 Å². The van der Waals surface area contributed by atoms with E-state index in [9.17, 15) is 0 Å². The maximum atomic E-state index is 6.15. The Morgan fingerprint density at radius 2 is 1.60 bits per heavy atom. The highest BCUT2D eigenvalue weighted by atomic mass is 35.5. The molecule has 1 aliphatic carbocycles. The van der Waals surface area contributed by atoms with Crippen molar-refractivity contribution < 1.29 is 0 Å². The highest BCUT2D eigenvalue weighted by molar-refractivity contribution is 6.20. The minimum Gasteiger partial charge on any atom is -0.123 e. The van der Waals surface area contributed by atoms with Gasteiger partial charge in [-0.05, 0) is 55.8 Å². The molecule has 90 valence electrons. The molecule has 0 amide bonds. The average molecular weight is 231 g/mol. The third kappa shape index (κ3) is 3.98. The van der Waals surface area contributed by atoms with Crippen LogP contribution >= 0.6 is 11.6 Å². The minimum atomic E-state index is 0.313. The van der Waals surface area contributed by atoms with Gasteiger partial charge in [0.2, 0.25) is 0 Å².